The Hall–Kier alpha value is -1.93. The third-order valence-corrected chi connectivity index (χ3v) is 10.1. The molecule has 2 saturated heterocycles. The van der Waals surface area contributed by atoms with Crippen molar-refractivity contribution in [2.24, 2.45) is 5.41 Å². The van der Waals surface area contributed by atoms with E-state index in [0.717, 1.165) is 51.9 Å². The molecule has 0 bridgehead atoms. The van der Waals surface area contributed by atoms with E-state index in [-0.39, 0.29) is 20.9 Å². The van der Waals surface area contributed by atoms with Gasteiger partial charge in [-0.3, -0.25) is 4.40 Å². The minimum Gasteiger partial charge on any atom is -0.370 e. The molecule has 1 aliphatic carbocycles. The molecule has 3 aromatic heterocycles. The molecule has 35 heavy (non-hydrogen) atoms. The van der Waals surface area contributed by atoms with Crippen LogP contribution in [-0.2, 0) is 10.0 Å². The monoisotopic (exact) mass is 543 g/mol. The molecule has 0 unspecified atom stereocenters. The molecule has 0 radical (unpaired) electrons. The van der Waals surface area contributed by atoms with Gasteiger partial charge in [-0.1, -0.05) is 22.9 Å². The molecule has 0 aromatic carbocycles. The molecule has 14 heteroatoms. The molecule has 0 amide bonds. The number of nitrogens with one attached hydrogen (secondary N) is 2. The lowest BCUT2D eigenvalue weighted by Gasteiger charge is -2.49. The van der Waals surface area contributed by atoms with Gasteiger partial charge in [-0.15, -0.1) is 10.2 Å². The highest BCUT2D eigenvalue weighted by molar-refractivity contribution is 7.89. The Kier molecular flexibility index (Phi) is 5.39. The number of alkyl halides is 2. The first-order valence-corrected chi connectivity index (χ1v) is 14.1. The van der Waals surface area contributed by atoms with Crippen LogP contribution >= 0.6 is 22.9 Å². The number of aromatic nitrogens is 4. The lowest BCUT2D eigenvalue weighted by atomic mass is 9.73. The van der Waals surface area contributed by atoms with Crippen LogP contribution in [0, 0.1) is 5.41 Å². The molecule has 188 valence electrons. The number of halogens is 3. The summed E-state index contributed by atoms with van der Waals surface area (Å²) in [5.74, 6) is 0.182. The van der Waals surface area contributed by atoms with E-state index in [1.807, 2.05) is 6.92 Å². The van der Waals surface area contributed by atoms with Gasteiger partial charge in [0, 0.05) is 37.9 Å². The van der Waals surface area contributed by atoms with E-state index in [4.69, 9.17) is 11.6 Å². The van der Waals surface area contributed by atoms with E-state index in [9.17, 15) is 17.2 Å². The third-order valence-electron chi connectivity index (χ3n) is 7.32. The van der Waals surface area contributed by atoms with Gasteiger partial charge >= 0.3 is 0 Å². The van der Waals surface area contributed by atoms with Crippen molar-refractivity contribution in [3.63, 3.8) is 0 Å². The van der Waals surface area contributed by atoms with Crippen LogP contribution < -0.4 is 14.9 Å². The minimum atomic E-state index is -3.85. The zero-order valence-corrected chi connectivity index (χ0v) is 21.3. The fourth-order valence-electron chi connectivity index (χ4n) is 4.81. The predicted molar refractivity (Wildman–Crippen MR) is 129 cm³/mol. The van der Waals surface area contributed by atoms with Crippen molar-refractivity contribution in [3.05, 3.63) is 22.4 Å². The number of imidazole rings is 1. The Bertz CT molecular complexity index is 1410. The van der Waals surface area contributed by atoms with Crippen LogP contribution in [0.2, 0.25) is 5.15 Å². The number of rotatable bonds is 6. The van der Waals surface area contributed by atoms with Gasteiger partial charge in [0.25, 0.3) is 6.43 Å². The maximum Gasteiger partial charge on any atom is 0.291 e. The standard InChI is InChI=1S/C21H24ClF2N7O2S2/c1-20(2-3-20)29-35(32,33)12-8-13(30-6-4-21(5-7-30)10-25-11-21)14-15(22)26-17(31(14)9-12)19-28-27-18(34-19)16(23)24/h8-9,16,25,29H,2-7,10-11H2,1H3. The summed E-state index contributed by atoms with van der Waals surface area (Å²) in [4.78, 5) is 6.59. The zero-order valence-electron chi connectivity index (χ0n) is 18.9. The second kappa shape index (κ2) is 8.04. The normalized spacial score (nSPS) is 21.1. The molecule has 3 fully saturated rings. The van der Waals surface area contributed by atoms with Crippen molar-refractivity contribution in [1.82, 2.24) is 29.6 Å². The minimum absolute atomic E-state index is 0.0626. The van der Waals surface area contributed by atoms with E-state index in [0.29, 0.717) is 28.0 Å². The number of piperidine rings is 1. The van der Waals surface area contributed by atoms with Crippen molar-refractivity contribution in [2.45, 2.75) is 49.5 Å². The van der Waals surface area contributed by atoms with Crippen molar-refractivity contribution < 1.29 is 17.2 Å². The van der Waals surface area contributed by atoms with E-state index >= 15 is 0 Å². The summed E-state index contributed by atoms with van der Waals surface area (Å²) in [6, 6.07) is 1.64. The predicted octanol–water partition coefficient (Wildman–Crippen LogP) is 3.46. The molecule has 3 aliphatic rings. The summed E-state index contributed by atoms with van der Waals surface area (Å²) in [6.07, 6.45) is 2.17. The van der Waals surface area contributed by atoms with E-state index in [1.165, 1.54) is 6.20 Å². The highest BCUT2D eigenvalue weighted by Gasteiger charge is 2.42. The van der Waals surface area contributed by atoms with E-state index < -0.39 is 27.0 Å². The van der Waals surface area contributed by atoms with Gasteiger partial charge in [0.15, 0.2) is 21.0 Å². The number of fused-ring (bicyclic) bond motifs is 1. The Morgan fingerprint density at radius 2 is 1.91 bits per heavy atom. The summed E-state index contributed by atoms with van der Waals surface area (Å²) < 4.78 is 57.3. The number of hydrogen-bond donors (Lipinski definition) is 2. The molecule has 6 rings (SSSR count). The molecular formula is C21H24ClF2N7O2S2. The van der Waals surface area contributed by atoms with Gasteiger partial charge in [-0.05, 0) is 44.1 Å². The summed E-state index contributed by atoms with van der Waals surface area (Å²) in [5, 5.41) is 10.6. The highest BCUT2D eigenvalue weighted by atomic mass is 35.5. The third kappa shape index (κ3) is 4.10. The number of sulfonamides is 1. The Morgan fingerprint density at radius 3 is 2.49 bits per heavy atom. The SMILES string of the molecule is CC1(NS(=O)(=O)c2cc(N3CCC4(CC3)CNC4)c3c(Cl)nc(-c4nnc(C(F)F)s4)n3c2)CC1. The smallest absolute Gasteiger partial charge is 0.291 e. The summed E-state index contributed by atoms with van der Waals surface area (Å²) in [7, 11) is -3.85. The molecule has 9 nitrogen and oxygen atoms in total. The molecular weight excluding hydrogens is 520 g/mol. The Morgan fingerprint density at radius 1 is 1.20 bits per heavy atom. The van der Waals surface area contributed by atoms with Crippen LogP contribution in [0.5, 0.6) is 0 Å². The maximum atomic E-state index is 13.3. The van der Waals surface area contributed by atoms with Crippen LogP contribution in [-0.4, -0.2) is 59.7 Å². The summed E-state index contributed by atoms with van der Waals surface area (Å²) in [6.45, 7) is 5.35. The van der Waals surface area contributed by atoms with Gasteiger partial charge in [-0.2, -0.15) is 0 Å². The largest absolute Gasteiger partial charge is 0.370 e. The number of nitrogens with zero attached hydrogens (tertiary/aromatic N) is 5. The van der Waals surface area contributed by atoms with Crippen molar-refractivity contribution in [3.8, 4) is 10.8 Å². The molecule has 2 N–H and O–H groups in total. The van der Waals surface area contributed by atoms with Crippen LogP contribution in [0.1, 0.15) is 44.0 Å². The molecule has 2 aliphatic heterocycles. The molecule has 0 atom stereocenters. The number of pyridine rings is 1. The topological polar surface area (TPSA) is 105 Å². The summed E-state index contributed by atoms with van der Waals surface area (Å²) in [5.41, 5.74) is 1.02. The second-order valence-corrected chi connectivity index (χ2v) is 13.1. The molecule has 3 aromatic rings. The Labute approximate surface area is 209 Å². The number of hydrogen-bond acceptors (Lipinski definition) is 8. The molecule has 5 heterocycles. The van der Waals surface area contributed by atoms with Crippen molar-refractivity contribution >= 4 is 44.2 Å². The van der Waals surface area contributed by atoms with Gasteiger partial charge < -0.3 is 10.2 Å². The first-order valence-electron chi connectivity index (χ1n) is 11.4. The second-order valence-electron chi connectivity index (χ2n) is 10.0. The maximum absolute atomic E-state index is 13.3. The van der Waals surface area contributed by atoms with Gasteiger partial charge in [-0.25, -0.2) is 26.9 Å². The van der Waals surface area contributed by atoms with Gasteiger partial charge in [0.05, 0.1) is 5.69 Å². The molecule has 1 spiro atoms. The lowest BCUT2D eigenvalue weighted by Crippen LogP contribution is -2.58. The average molecular weight is 544 g/mol. The quantitative estimate of drug-likeness (QED) is 0.490. The van der Waals surface area contributed by atoms with E-state index in [1.54, 1.807) is 10.5 Å². The van der Waals surface area contributed by atoms with Crippen molar-refractivity contribution in [1.29, 1.82) is 0 Å². The average Bonchev–Trinajstić information content (AvgIpc) is 3.19. The van der Waals surface area contributed by atoms with E-state index in [2.05, 4.69) is 30.1 Å². The van der Waals surface area contributed by atoms with Crippen molar-refractivity contribution in [2.75, 3.05) is 31.1 Å². The van der Waals surface area contributed by atoms with Gasteiger partial charge in [0.1, 0.15) is 10.4 Å². The first-order chi connectivity index (χ1) is 16.6. The Balaban J connectivity index is 1.48. The zero-order chi connectivity index (χ0) is 24.6. The fraction of sp³-hybridized carbons (Fsp3) is 0.571. The van der Waals surface area contributed by atoms with Crippen LogP contribution in [0.4, 0.5) is 14.5 Å². The van der Waals surface area contributed by atoms with Crippen LogP contribution in [0.15, 0.2) is 17.2 Å². The first kappa shape index (κ1) is 23.5. The van der Waals surface area contributed by atoms with Crippen LogP contribution in [0.3, 0.4) is 0 Å². The highest BCUT2D eigenvalue weighted by Crippen LogP contribution is 2.42. The van der Waals surface area contributed by atoms with Crippen LogP contribution in [0.25, 0.3) is 16.3 Å². The number of anilines is 1. The van der Waals surface area contributed by atoms with Gasteiger partial charge in [0.2, 0.25) is 10.0 Å². The molecule has 1 saturated carbocycles. The lowest BCUT2D eigenvalue weighted by molar-refractivity contribution is 0.126. The summed E-state index contributed by atoms with van der Waals surface area (Å²) >= 11 is 7.28. The fourth-order valence-corrected chi connectivity index (χ4v) is 7.24.